The first-order valence-electron chi connectivity index (χ1n) is 4.47. The van der Waals surface area contributed by atoms with Crippen molar-refractivity contribution in [2.75, 3.05) is 5.32 Å². The number of halogens is 4. The lowest BCUT2D eigenvalue weighted by Gasteiger charge is -2.07. The van der Waals surface area contributed by atoms with Gasteiger partial charge in [0.15, 0.2) is 10.3 Å². The van der Waals surface area contributed by atoms with Crippen molar-refractivity contribution < 1.29 is 4.39 Å². The van der Waals surface area contributed by atoms with E-state index in [0.29, 0.717) is 11.4 Å². The topological polar surface area (TPSA) is 37.8 Å². The van der Waals surface area contributed by atoms with Crippen molar-refractivity contribution in [2.24, 2.45) is 0 Å². The predicted octanol–water partition coefficient (Wildman–Crippen LogP) is 4.32. The zero-order valence-electron chi connectivity index (χ0n) is 8.22. The average molecular weight is 293 g/mol. The van der Waals surface area contributed by atoms with Gasteiger partial charge in [0.25, 0.3) is 0 Å². The second-order valence-electron chi connectivity index (χ2n) is 3.13. The van der Waals surface area contributed by atoms with Gasteiger partial charge in [-0.25, -0.2) is 4.39 Å². The van der Waals surface area contributed by atoms with Crippen LogP contribution in [0.1, 0.15) is 0 Å². The van der Waals surface area contributed by atoms with E-state index in [-0.39, 0.29) is 15.3 Å². The van der Waals surface area contributed by atoms with Crippen molar-refractivity contribution in [3.63, 3.8) is 0 Å². The van der Waals surface area contributed by atoms with Crippen molar-refractivity contribution in [3.8, 4) is 0 Å². The van der Waals surface area contributed by atoms with Crippen LogP contribution in [0.2, 0.25) is 15.3 Å². The van der Waals surface area contributed by atoms with Crippen LogP contribution in [0.15, 0.2) is 24.3 Å². The number of nitrogens with one attached hydrogen (secondary N) is 1. The van der Waals surface area contributed by atoms with E-state index in [9.17, 15) is 4.39 Å². The highest BCUT2D eigenvalue weighted by Crippen LogP contribution is 2.26. The lowest BCUT2D eigenvalue weighted by atomic mass is 10.3. The summed E-state index contributed by atoms with van der Waals surface area (Å²) in [7, 11) is 0. The number of nitrogens with zero attached hydrogens (tertiary/aromatic N) is 2. The third kappa shape index (κ3) is 2.97. The molecular weight excluding hydrogens is 287 g/mol. The molecular formula is C10H5Cl3FN3. The third-order valence-electron chi connectivity index (χ3n) is 1.92. The first-order valence-corrected chi connectivity index (χ1v) is 5.60. The number of hydrogen-bond acceptors (Lipinski definition) is 3. The number of aromatic nitrogens is 2. The monoisotopic (exact) mass is 291 g/mol. The fourth-order valence-electron chi connectivity index (χ4n) is 1.17. The first-order chi connectivity index (χ1) is 8.06. The van der Waals surface area contributed by atoms with Gasteiger partial charge in [-0.1, -0.05) is 34.8 Å². The summed E-state index contributed by atoms with van der Waals surface area (Å²) in [6, 6.07) is 5.77. The Labute approximate surface area is 112 Å². The second-order valence-corrected chi connectivity index (χ2v) is 4.28. The Balaban J connectivity index is 2.31. The summed E-state index contributed by atoms with van der Waals surface area (Å²) in [6.45, 7) is 0. The molecule has 3 nitrogen and oxygen atoms in total. The van der Waals surface area contributed by atoms with E-state index < -0.39 is 5.82 Å². The molecule has 0 amide bonds. The quantitative estimate of drug-likeness (QED) is 0.895. The molecule has 0 bridgehead atoms. The fraction of sp³-hybridized carbons (Fsp3) is 0. The van der Waals surface area contributed by atoms with Crippen molar-refractivity contribution in [2.45, 2.75) is 0 Å². The molecule has 1 N–H and O–H groups in total. The molecule has 2 rings (SSSR count). The Kier molecular flexibility index (Phi) is 3.66. The fourth-order valence-corrected chi connectivity index (χ4v) is 1.57. The molecule has 0 saturated heterocycles. The molecule has 7 heteroatoms. The zero-order valence-corrected chi connectivity index (χ0v) is 10.5. The lowest BCUT2D eigenvalue weighted by Crippen LogP contribution is -1.95. The van der Waals surface area contributed by atoms with Gasteiger partial charge in [0.05, 0.1) is 10.7 Å². The van der Waals surface area contributed by atoms with Crippen LogP contribution in [0.5, 0.6) is 0 Å². The van der Waals surface area contributed by atoms with E-state index >= 15 is 0 Å². The Hall–Kier alpha value is -1.10. The van der Waals surface area contributed by atoms with Crippen LogP contribution in [0, 0.1) is 5.82 Å². The largest absolute Gasteiger partial charge is 0.353 e. The second kappa shape index (κ2) is 5.04. The molecule has 0 fully saturated rings. The minimum atomic E-state index is -0.527. The predicted molar refractivity (Wildman–Crippen MR) is 66.7 cm³/mol. The maximum Gasteiger partial charge on any atom is 0.175 e. The Morgan fingerprint density at radius 3 is 2.53 bits per heavy atom. The molecule has 1 aromatic heterocycles. The standard InChI is InChI=1S/C10H5Cl3FN3/c11-6-2-1-5(3-7(6)14)15-8-4-9(12)16-17-10(8)13/h1-4H,(H,15,16). The molecule has 0 saturated carbocycles. The summed E-state index contributed by atoms with van der Waals surface area (Å²) in [4.78, 5) is 0. The van der Waals surface area contributed by atoms with Crippen LogP contribution in [-0.4, -0.2) is 10.2 Å². The third-order valence-corrected chi connectivity index (χ3v) is 2.69. The average Bonchev–Trinajstić information content (AvgIpc) is 2.29. The Morgan fingerprint density at radius 2 is 1.82 bits per heavy atom. The Bertz CT molecular complexity index is 562. The van der Waals surface area contributed by atoms with Crippen molar-refractivity contribution in [1.29, 1.82) is 0 Å². The molecule has 0 aliphatic heterocycles. The van der Waals surface area contributed by atoms with E-state index in [1.165, 1.54) is 18.2 Å². The smallest absolute Gasteiger partial charge is 0.175 e. The van der Waals surface area contributed by atoms with Gasteiger partial charge < -0.3 is 5.32 Å². The van der Waals surface area contributed by atoms with Crippen LogP contribution < -0.4 is 5.32 Å². The molecule has 88 valence electrons. The van der Waals surface area contributed by atoms with E-state index in [2.05, 4.69) is 15.5 Å². The maximum absolute atomic E-state index is 13.2. The molecule has 2 aromatic rings. The minimum absolute atomic E-state index is 0.0486. The highest BCUT2D eigenvalue weighted by atomic mass is 35.5. The van der Waals surface area contributed by atoms with Gasteiger partial charge >= 0.3 is 0 Å². The van der Waals surface area contributed by atoms with Gasteiger partial charge in [0.2, 0.25) is 0 Å². The molecule has 1 heterocycles. The van der Waals surface area contributed by atoms with Gasteiger partial charge in [0, 0.05) is 11.8 Å². The van der Waals surface area contributed by atoms with Crippen molar-refractivity contribution >= 4 is 46.2 Å². The van der Waals surface area contributed by atoms with Crippen LogP contribution in [0.3, 0.4) is 0 Å². The van der Waals surface area contributed by atoms with Crippen LogP contribution in [0.4, 0.5) is 15.8 Å². The van der Waals surface area contributed by atoms with Gasteiger partial charge in [-0.2, -0.15) is 0 Å². The molecule has 0 spiro atoms. The normalized spacial score (nSPS) is 10.4. The first kappa shape index (κ1) is 12.4. The SMILES string of the molecule is Fc1cc(Nc2cc(Cl)nnc2Cl)ccc1Cl. The molecule has 0 atom stereocenters. The molecule has 1 aromatic carbocycles. The van der Waals surface area contributed by atoms with Crippen molar-refractivity contribution in [3.05, 3.63) is 45.4 Å². The highest BCUT2D eigenvalue weighted by molar-refractivity contribution is 6.33. The molecule has 17 heavy (non-hydrogen) atoms. The van der Waals surface area contributed by atoms with E-state index in [0.717, 1.165) is 0 Å². The number of anilines is 2. The zero-order chi connectivity index (χ0) is 12.4. The van der Waals surface area contributed by atoms with Gasteiger partial charge in [-0.3, -0.25) is 0 Å². The number of benzene rings is 1. The maximum atomic E-state index is 13.2. The summed E-state index contributed by atoms with van der Waals surface area (Å²) < 4.78 is 13.2. The summed E-state index contributed by atoms with van der Waals surface area (Å²) >= 11 is 17.0. The van der Waals surface area contributed by atoms with Gasteiger partial charge in [-0.05, 0) is 18.2 Å². The van der Waals surface area contributed by atoms with Crippen LogP contribution in [0.25, 0.3) is 0 Å². The van der Waals surface area contributed by atoms with E-state index in [1.54, 1.807) is 6.07 Å². The molecule has 0 unspecified atom stereocenters. The summed E-state index contributed by atoms with van der Waals surface area (Å²) in [5, 5.41) is 10.4. The van der Waals surface area contributed by atoms with E-state index in [4.69, 9.17) is 34.8 Å². The van der Waals surface area contributed by atoms with Gasteiger partial charge in [-0.15, -0.1) is 10.2 Å². The number of rotatable bonds is 2. The summed E-state index contributed by atoms with van der Waals surface area (Å²) in [5.74, 6) is -0.527. The molecule has 0 radical (unpaired) electrons. The summed E-state index contributed by atoms with van der Waals surface area (Å²) in [5.41, 5.74) is 0.922. The van der Waals surface area contributed by atoms with Gasteiger partial charge in [0.1, 0.15) is 5.82 Å². The minimum Gasteiger partial charge on any atom is -0.353 e. The summed E-state index contributed by atoms with van der Waals surface area (Å²) in [6.07, 6.45) is 0. The Morgan fingerprint density at radius 1 is 1.06 bits per heavy atom. The molecule has 0 aliphatic rings. The molecule has 0 aliphatic carbocycles. The lowest BCUT2D eigenvalue weighted by molar-refractivity contribution is 0.629. The number of hydrogen-bond donors (Lipinski definition) is 1. The van der Waals surface area contributed by atoms with Crippen LogP contribution in [-0.2, 0) is 0 Å². The van der Waals surface area contributed by atoms with E-state index in [1.807, 2.05) is 0 Å². The highest BCUT2D eigenvalue weighted by Gasteiger charge is 2.06. The van der Waals surface area contributed by atoms with Crippen molar-refractivity contribution in [1.82, 2.24) is 10.2 Å². The van der Waals surface area contributed by atoms with Crippen LogP contribution >= 0.6 is 34.8 Å².